The Hall–Kier alpha value is -0.710. The van der Waals surface area contributed by atoms with Crippen LogP contribution in [0.25, 0.3) is 0 Å². The van der Waals surface area contributed by atoms with E-state index in [1.54, 1.807) is 4.90 Å². The summed E-state index contributed by atoms with van der Waals surface area (Å²) in [6, 6.07) is 0. The van der Waals surface area contributed by atoms with E-state index in [0.29, 0.717) is 18.7 Å². The van der Waals surface area contributed by atoms with E-state index in [-0.39, 0.29) is 23.3 Å². The van der Waals surface area contributed by atoms with E-state index in [2.05, 4.69) is 20.8 Å². The van der Waals surface area contributed by atoms with Crippen molar-refractivity contribution in [1.82, 2.24) is 9.80 Å². The number of carbonyl (C=O) groups is 2. The van der Waals surface area contributed by atoms with Crippen LogP contribution in [-0.4, -0.2) is 59.3 Å². The molecule has 5 heteroatoms. The third-order valence-corrected chi connectivity index (χ3v) is 3.78. The van der Waals surface area contributed by atoms with Crippen LogP contribution in [0.4, 0.5) is 0 Å². The van der Waals surface area contributed by atoms with Crippen molar-refractivity contribution in [2.24, 2.45) is 5.92 Å². The molecule has 0 aromatic heterocycles. The van der Waals surface area contributed by atoms with Crippen LogP contribution in [0, 0.1) is 5.92 Å². The normalized spacial score (nSPS) is 20.4. The van der Waals surface area contributed by atoms with Crippen LogP contribution in [0.3, 0.4) is 0 Å². The maximum Gasteiger partial charge on any atom is 0.232 e. The molecule has 0 radical (unpaired) electrons. The first-order valence-corrected chi connectivity index (χ1v) is 7.68. The van der Waals surface area contributed by atoms with E-state index in [1.807, 2.05) is 18.2 Å². The fourth-order valence-electron chi connectivity index (χ4n) is 2.27. The van der Waals surface area contributed by atoms with Crippen molar-refractivity contribution >= 4 is 23.6 Å². The van der Waals surface area contributed by atoms with E-state index >= 15 is 0 Å². The van der Waals surface area contributed by atoms with Crippen molar-refractivity contribution < 1.29 is 9.59 Å². The first-order valence-electron chi connectivity index (χ1n) is 6.29. The molecule has 0 saturated carbocycles. The number of amides is 2. The molecule has 0 aliphatic carbocycles. The second-order valence-corrected chi connectivity index (χ2v) is 6.82. The molecular weight excluding hydrogens is 248 g/mol. The second-order valence-electron chi connectivity index (χ2n) is 5.95. The number of hydrogen-bond donors (Lipinski definition) is 0. The Labute approximate surface area is 114 Å². The van der Waals surface area contributed by atoms with Gasteiger partial charge in [0.2, 0.25) is 11.8 Å². The number of carbonyl (C=O) groups excluding carboxylic acids is 2. The minimum atomic E-state index is -0.117. The molecule has 1 aliphatic heterocycles. The number of likely N-dealkylation sites (tertiary alicyclic amines) is 1. The lowest BCUT2D eigenvalue weighted by atomic mass is 10.1. The first-order chi connectivity index (χ1) is 8.25. The Balaban J connectivity index is 2.52. The van der Waals surface area contributed by atoms with Gasteiger partial charge < -0.3 is 9.80 Å². The SMILES string of the molecule is CSCC(=O)N(C)C[C@@H]1CC(=O)N(C(C)(C)C)C1. The van der Waals surface area contributed by atoms with E-state index in [9.17, 15) is 9.59 Å². The Morgan fingerprint density at radius 2 is 2.11 bits per heavy atom. The maximum absolute atomic E-state index is 11.9. The Morgan fingerprint density at radius 3 is 2.56 bits per heavy atom. The van der Waals surface area contributed by atoms with Gasteiger partial charge in [-0.25, -0.2) is 0 Å². The lowest BCUT2D eigenvalue weighted by Crippen LogP contribution is -2.43. The molecule has 0 aromatic carbocycles. The molecule has 104 valence electrons. The summed E-state index contributed by atoms with van der Waals surface area (Å²) in [7, 11) is 1.82. The van der Waals surface area contributed by atoms with Crippen molar-refractivity contribution in [2.45, 2.75) is 32.7 Å². The topological polar surface area (TPSA) is 40.6 Å². The highest BCUT2D eigenvalue weighted by Crippen LogP contribution is 2.26. The van der Waals surface area contributed by atoms with Crippen molar-refractivity contribution in [3.8, 4) is 0 Å². The van der Waals surface area contributed by atoms with E-state index in [1.165, 1.54) is 11.8 Å². The van der Waals surface area contributed by atoms with Gasteiger partial charge in [0.05, 0.1) is 5.75 Å². The van der Waals surface area contributed by atoms with Crippen LogP contribution < -0.4 is 0 Å². The minimum Gasteiger partial charge on any atom is -0.345 e. The largest absolute Gasteiger partial charge is 0.345 e. The monoisotopic (exact) mass is 272 g/mol. The predicted octanol–water partition coefficient (Wildman–Crippen LogP) is 1.45. The highest BCUT2D eigenvalue weighted by atomic mass is 32.2. The van der Waals surface area contributed by atoms with Gasteiger partial charge in [0.25, 0.3) is 0 Å². The summed E-state index contributed by atoms with van der Waals surface area (Å²) in [4.78, 5) is 27.3. The summed E-state index contributed by atoms with van der Waals surface area (Å²) < 4.78 is 0. The van der Waals surface area contributed by atoms with Crippen LogP contribution in [0.15, 0.2) is 0 Å². The molecule has 0 unspecified atom stereocenters. The number of rotatable bonds is 4. The first kappa shape index (κ1) is 15.3. The van der Waals surface area contributed by atoms with Crippen molar-refractivity contribution in [1.29, 1.82) is 0 Å². The van der Waals surface area contributed by atoms with Crippen LogP contribution in [0.5, 0.6) is 0 Å². The fraction of sp³-hybridized carbons (Fsp3) is 0.846. The van der Waals surface area contributed by atoms with Gasteiger partial charge in [0.1, 0.15) is 0 Å². The lowest BCUT2D eigenvalue weighted by molar-refractivity contribution is -0.131. The average Bonchev–Trinajstić information content (AvgIpc) is 2.59. The molecular formula is C13H24N2O2S. The zero-order valence-electron chi connectivity index (χ0n) is 12.0. The lowest BCUT2D eigenvalue weighted by Gasteiger charge is -2.32. The zero-order chi connectivity index (χ0) is 13.9. The van der Waals surface area contributed by atoms with Gasteiger partial charge in [-0.1, -0.05) is 0 Å². The molecule has 1 atom stereocenters. The van der Waals surface area contributed by atoms with E-state index in [0.717, 1.165) is 6.54 Å². The molecule has 0 N–H and O–H groups in total. The van der Waals surface area contributed by atoms with Crippen LogP contribution in [0.1, 0.15) is 27.2 Å². The average molecular weight is 272 g/mol. The molecule has 1 fully saturated rings. The fourth-order valence-corrected chi connectivity index (χ4v) is 2.74. The standard InChI is InChI=1S/C13H24N2O2S/c1-13(2,3)15-8-10(6-11(15)16)7-14(4)12(17)9-18-5/h10H,6-9H2,1-5H3/t10-/m0/s1. The highest BCUT2D eigenvalue weighted by molar-refractivity contribution is 7.99. The van der Waals surface area contributed by atoms with Crippen molar-refractivity contribution in [2.75, 3.05) is 32.1 Å². The van der Waals surface area contributed by atoms with Crippen molar-refractivity contribution in [3.63, 3.8) is 0 Å². The molecule has 2 amide bonds. The summed E-state index contributed by atoms with van der Waals surface area (Å²) in [5, 5.41) is 0. The van der Waals surface area contributed by atoms with Crippen molar-refractivity contribution in [3.05, 3.63) is 0 Å². The highest BCUT2D eigenvalue weighted by Gasteiger charge is 2.36. The summed E-state index contributed by atoms with van der Waals surface area (Å²) >= 11 is 1.53. The summed E-state index contributed by atoms with van der Waals surface area (Å²) in [5.41, 5.74) is -0.117. The third kappa shape index (κ3) is 3.90. The van der Waals surface area contributed by atoms with Gasteiger partial charge in [-0.2, -0.15) is 11.8 Å². The maximum atomic E-state index is 11.9. The Morgan fingerprint density at radius 1 is 1.50 bits per heavy atom. The van der Waals surface area contributed by atoms with Gasteiger partial charge >= 0.3 is 0 Å². The van der Waals surface area contributed by atoms with Crippen LogP contribution in [0.2, 0.25) is 0 Å². The zero-order valence-corrected chi connectivity index (χ0v) is 12.8. The van der Waals surface area contributed by atoms with Gasteiger partial charge in [-0.15, -0.1) is 0 Å². The minimum absolute atomic E-state index is 0.117. The molecule has 1 saturated heterocycles. The summed E-state index contributed by atoms with van der Waals surface area (Å²) in [6.07, 6.45) is 2.49. The van der Waals surface area contributed by atoms with E-state index < -0.39 is 0 Å². The molecule has 4 nitrogen and oxygen atoms in total. The third-order valence-electron chi connectivity index (χ3n) is 3.24. The van der Waals surface area contributed by atoms with Crippen LogP contribution in [-0.2, 0) is 9.59 Å². The number of hydrogen-bond acceptors (Lipinski definition) is 3. The van der Waals surface area contributed by atoms with Crippen LogP contribution >= 0.6 is 11.8 Å². The second kappa shape index (κ2) is 5.95. The predicted molar refractivity (Wildman–Crippen MR) is 75.6 cm³/mol. The molecule has 0 spiro atoms. The van der Waals surface area contributed by atoms with Gasteiger partial charge in [0.15, 0.2) is 0 Å². The number of nitrogens with zero attached hydrogens (tertiary/aromatic N) is 2. The smallest absolute Gasteiger partial charge is 0.232 e. The summed E-state index contributed by atoms with van der Waals surface area (Å²) in [6.45, 7) is 7.60. The summed E-state index contributed by atoms with van der Waals surface area (Å²) in [5.74, 6) is 1.13. The number of thioether (sulfide) groups is 1. The molecule has 0 aromatic rings. The van der Waals surface area contributed by atoms with Gasteiger partial charge in [0, 0.05) is 38.0 Å². The van der Waals surface area contributed by atoms with Gasteiger partial charge in [-0.05, 0) is 27.0 Å². The van der Waals surface area contributed by atoms with E-state index in [4.69, 9.17) is 0 Å². The quantitative estimate of drug-likeness (QED) is 0.778. The molecule has 0 bridgehead atoms. The molecule has 18 heavy (non-hydrogen) atoms. The molecule has 1 heterocycles. The Bertz CT molecular complexity index is 325. The molecule has 1 rings (SSSR count). The molecule has 1 aliphatic rings. The van der Waals surface area contributed by atoms with Gasteiger partial charge in [-0.3, -0.25) is 9.59 Å². The Kier molecular flexibility index (Phi) is 5.08.